The van der Waals surface area contributed by atoms with Gasteiger partial charge in [0.05, 0.1) is 18.1 Å². The van der Waals surface area contributed by atoms with Crippen LogP contribution in [0, 0.1) is 0 Å². The van der Waals surface area contributed by atoms with Gasteiger partial charge in [-0.15, -0.1) is 0 Å². The molecule has 0 fully saturated rings. The van der Waals surface area contributed by atoms with Crippen LogP contribution in [0.25, 0.3) is 31.3 Å². The van der Waals surface area contributed by atoms with E-state index in [4.69, 9.17) is 16.6 Å². The quantitative estimate of drug-likeness (QED) is 0.241. The van der Waals surface area contributed by atoms with Gasteiger partial charge in [-0.2, -0.15) is 0 Å². The van der Waals surface area contributed by atoms with Crippen LogP contribution in [0.3, 0.4) is 0 Å². The molecule has 0 aliphatic carbocycles. The van der Waals surface area contributed by atoms with Crippen LogP contribution in [-0.2, 0) is 19.3 Å². The van der Waals surface area contributed by atoms with Crippen molar-refractivity contribution < 1.29 is 0 Å². The van der Waals surface area contributed by atoms with Gasteiger partial charge in [-0.05, 0) is 69.2 Å². The van der Waals surface area contributed by atoms with E-state index in [1.807, 2.05) is 41.5 Å². The summed E-state index contributed by atoms with van der Waals surface area (Å²) < 4.78 is 0. The second-order valence-electron chi connectivity index (χ2n) is 6.38. The van der Waals surface area contributed by atoms with Gasteiger partial charge in [-0.1, -0.05) is 56.9 Å². The van der Waals surface area contributed by atoms with E-state index in [1.165, 1.54) is 0 Å². The van der Waals surface area contributed by atoms with Crippen molar-refractivity contribution in [3.63, 3.8) is 0 Å². The Morgan fingerprint density at radius 2 is 0.815 bits per heavy atom. The maximum atomic E-state index is 8.98. The number of hydrogen-bond donors (Lipinski definition) is 0. The standard InChI is InChI=1S/C18H27N9/c1-7-13-16(10(4)22-25-19)14(8-2)18(12(6)24-27-21)15(9-3)17(13)11(5)23-26-20/h10-12H,7-9H2,1-6H3/t10-,11-,12+/m1/s1. The van der Waals surface area contributed by atoms with E-state index in [0.29, 0.717) is 0 Å². The molecule has 0 heterocycles. The second kappa shape index (κ2) is 10.3. The topological polar surface area (TPSA) is 146 Å². The maximum absolute atomic E-state index is 8.98. The van der Waals surface area contributed by atoms with Gasteiger partial charge >= 0.3 is 0 Å². The fourth-order valence-corrected chi connectivity index (χ4v) is 4.04. The molecule has 1 rings (SSSR count). The molecule has 0 spiro atoms. The first-order chi connectivity index (χ1) is 12.9. The lowest BCUT2D eigenvalue weighted by molar-refractivity contribution is 0.699. The molecule has 0 saturated heterocycles. The minimum atomic E-state index is -0.375. The predicted octanol–water partition coefficient (Wildman–Crippen LogP) is 7.49. The Balaban J connectivity index is 4.21. The highest BCUT2D eigenvalue weighted by molar-refractivity contribution is 5.55. The third-order valence-corrected chi connectivity index (χ3v) is 4.94. The fourth-order valence-electron chi connectivity index (χ4n) is 4.04. The number of hydrogen-bond acceptors (Lipinski definition) is 3. The Labute approximate surface area is 159 Å². The molecule has 0 amide bonds. The van der Waals surface area contributed by atoms with E-state index in [0.717, 1.165) is 52.6 Å². The number of benzene rings is 1. The summed E-state index contributed by atoms with van der Waals surface area (Å²) >= 11 is 0. The Kier molecular flexibility index (Phi) is 8.49. The highest BCUT2D eigenvalue weighted by Gasteiger charge is 2.27. The molecule has 0 unspecified atom stereocenters. The minimum absolute atomic E-state index is 0.375. The summed E-state index contributed by atoms with van der Waals surface area (Å²) in [7, 11) is 0. The van der Waals surface area contributed by atoms with Gasteiger partial charge in [-0.3, -0.25) is 0 Å². The highest BCUT2D eigenvalue weighted by Crippen LogP contribution is 2.42. The lowest BCUT2D eigenvalue weighted by Crippen LogP contribution is -2.16. The third-order valence-electron chi connectivity index (χ3n) is 4.94. The summed E-state index contributed by atoms with van der Waals surface area (Å²) in [6, 6.07) is -1.13. The molecule has 144 valence electrons. The lowest BCUT2D eigenvalue weighted by atomic mass is 9.78. The van der Waals surface area contributed by atoms with Crippen LogP contribution < -0.4 is 0 Å². The van der Waals surface area contributed by atoms with Crippen LogP contribution >= 0.6 is 0 Å². The van der Waals surface area contributed by atoms with E-state index in [-0.39, 0.29) is 18.1 Å². The highest BCUT2D eigenvalue weighted by atomic mass is 15.2. The van der Waals surface area contributed by atoms with Crippen LogP contribution in [0.15, 0.2) is 15.3 Å². The van der Waals surface area contributed by atoms with E-state index < -0.39 is 0 Å². The van der Waals surface area contributed by atoms with Crippen LogP contribution in [-0.4, -0.2) is 0 Å². The first-order valence-electron chi connectivity index (χ1n) is 9.25. The first-order valence-corrected chi connectivity index (χ1v) is 9.25. The minimum Gasteiger partial charge on any atom is -0.0862 e. The normalized spacial score (nSPS) is 13.6. The van der Waals surface area contributed by atoms with Crippen LogP contribution in [0.5, 0.6) is 0 Å². The SMILES string of the molecule is CCc1c([C@H](C)N=[N+]=[N-])c(CC)c([C@@H](C)N=[N+]=[N-])c(CC)c1[C@@H](C)N=[N+]=[N-]. The summed E-state index contributed by atoms with van der Waals surface area (Å²) in [5.74, 6) is 0. The van der Waals surface area contributed by atoms with Gasteiger partial charge in [-0.25, -0.2) is 0 Å². The number of azide groups is 3. The van der Waals surface area contributed by atoms with Gasteiger partial charge in [0.2, 0.25) is 0 Å². The van der Waals surface area contributed by atoms with Crippen LogP contribution in [0.2, 0.25) is 0 Å². The Hall–Kier alpha value is -2.85. The molecule has 0 radical (unpaired) electrons. The summed E-state index contributed by atoms with van der Waals surface area (Å²) in [6.07, 6.45) is 2.16. The van der Waals surface area contributed by atoms with Crippen LogP contribution in [0.4, 0.5) is 0 Å². The van der Waals surface area contributed by atoms with Gasteiger partial charge in [0.25, 0.3) is 0 Å². The molecule has 1 aromatic rings. The third kappa shape index (κ3) is 4.47. The number of rotatable bonds is 9. The predicted molar refractivity (Wildman–Crippen MR) is 107 cm³/mol. The molecule has 0 saturated carbocycles. The van der Waals surface area contributed by atoms with E-state index >= 15 is 0 Å². The van der Waals surface area contributed by atoms with Crippen molar-refractivity contribution in [1.29, 1.82) is 0 Å². The molecule has 0 aromatic heterocycles. The molecular weight excluding hydrogens is 342 g/mol. The fraction of sp³-hybridized carbons (Fsp3) is 0.667. The molecule has 3 atom stereocenters. The number of nitrogens with zero attached hydrogens (tertiary/aromatic N) is 9. The average Bonchev–Trinajstić information content (AvgIpc) is 2.65. The Morgan fingerprint density at radius 3 is 0.963 bits per heavy atom. The molecule has 0 aliphatic rings. The van der Waals surface area contributed by atoms with Crippen molar-refractivity contribution in [2.75, 3.05) is 0 Å². The van der Waals surface area contributed by atoms with E-state index in [1.54, 1.807) is 0 Å². The molecule has 0 aliphatic heterocycles. The van der Waals surface area contributed by atoms with E-state index in [2.05, 4.69) is 30.1 Å². The van der Waals surface area contributed by atoms with Crippen molar-refractivity contribution in [3.05, 3.63) is 64.7 Å². The van der Waals surface area contributed by atoms with Gasteiger partial charge in [0.1, 0.15) is 0 Å². The summed E-state index contributed by atoms with van der Waals surface area (Å²) in [5, 5.41) is 11.8. The van der Waals surface area contributed by atoms with Crippen molar-refractivity contribution in [2.24, 2.45) is 15.3 Å². The molecule has 9 nitrogen and oxygen atoms in total. The average molecular weight is 369 g/mol. The van der Waals surface area contributed by atoms with Crippen molar-refractivity contribution in [1.82, 2.24) is 0 Å². The summed E-state index contributed by atoms with van der Waals surface area (Å²) in [6.45, 7) is 11.7. The zero-order valence-corrected chi connectivity index (χ0v) is 16.9. The first kappa shape index (κ1) is 22.2. The van der Waals surface area contributed by atoms with E-state index in [9.17, 15) is 0 Å². The molecule has 27 heavy (non-hydrogen) atoms. The summed E-state index contributed by atoms with van der Waals surface area (Å²) in [5.41, 5.74) is 33.0. The van der Waals surface area contributed by atoms with Crippen molar-refractivity contribution in [3.8, 4) is 0 Å². The molecular formula is C18H27N9. The smallest absolute Gasteiger partial charge is 0.0602 e. The maximum Gasteiger partial charge on any atom is 0.0602 e. The molecule has 9 heteroatoms. The zero-order valence-electron chi connectivity index (χ0n) is 16.9. The van der Waals surface area contributed by atoms with Crippen molar-refractivity contribution >= 4 is 0 Å². The van der Waals surface area contributed by atoms with Gasteiger partial charge in [0, 0.05) is 14.7 Å². The van der Waals surface area contributed by atoms with Gasteiger partial charge < -0.3 is 0 Å². The monoisotopic (exact) mass is 369 g/mol. The Morgan fingerprint density at radius 1 is 0.593 bits per heavy atom. The Bertz CT molecular complexity index is 695. The zero-order chi connectivity index (χ0) is 20.6. The second-order valence-corrected chi connectivity index (χ2v) is 6.38. The molecule has 1 aromatic carbocycles. The van der Waals surface area contributed by atoms with Gasteiger partial charge in [0.15, 0.2) is 0 Å². The lowest BCUT2D eigenvalue weighted by Gasteiger charge is -2.30. The molecule has 0 N–H and O–H groups in total. The largest absolute Gasteiger partial charge is 0.0862 e. The molecule has 0 bridgehead atoms. The summed E-state index contributed by atoms with van der Waals surface area (Å²) in [4.78, 5) is 8.96. The van der Waals surface area contributed by atoms with Crippen molar-refractivity contribution in [2.45, 2.75) is 78.9 Å². The van der Waals surface area contributed by atoms with Crippen LogP contribution in [0.1, 0.15) is 93.0 Å².